The Morgan fingerprint density at radius 1 is 0.879 bits per heavy atom. The molecule has 0 aliphatic rings. The zero-order valence-corrected chi connectivity index (χ0v) is 21.1. The number of benzene rings is 3. The molecule has 0 aromatic heterocycles. The number of methoxy groups -OCH3 is 1. The van der Waals surface area contributed by atoms with Gasteiger partial charge in [0.1, 0.15) is 5.75 Å². The topological polar surface area (TPSA) is 35.5 Å². The number of halogens is 2. The maximum absolute atomic E-state index is 12.5. The van der Waals surface area contributed by atoms with Crippen molar-refractivity contribution in [2.45, 2.75) is 53.9 Å². The van der Waals surface area contributed by atoms with Gasteiger partial charge in [-0.15, -0.1) is 11.6 Å². The summed E-state index contributed by atoms with van der Waals surface area (Å²) in [5.74, 6) is 0.137. The van der Waals surface area contributed by atoms with Crippen LogP contribution in [0.3, 0.4) is 0 Å². The van der Waals surface area contributed by atoms with Gasteiger partial charge in [0.25, 0.3) is 0 Å². The third-order valence-corrected chi connectivity index (χ3v) is 6.94. The summed E-state index contributed by atoms with van der Waals surface area (Å²) in [5, 5.41) is 0.687. The molecule has 0 aliphatic carbocycles. The minimum absolute atomic E-state index is 0.0207. The van der Waals surface area contributed by atoms with Crippen LogP contribution in [0.5, 0.6) is 5.75 Å². The molecule has 3 aromatic rings. The van der Waals surface area contributed by atoms with E-state index in [1.54, 1.807) is 11.8 Å². The second-order valence-corrected chi connectivity index (χ2v) is 9.79. The van der Waals surface area contributed by atoms with Crippen molar-refractivity contribution in [2.75, 3.05) is 7.11 Å². The van der Waals surface area contributed by atoms with Crippen LogP contribution < -0.4 is 4.74 Å². The van der Waals surface area contributed by atoms with Gasteiger partial charge in [-0.3, -0.25) is 0 Å². The molecule has 6 heteroatoms. The molecule has 0 heterocycles. The first-order valence-corrected chi connectivity index (χ1v) is 12.6. The Morgan fingerprint density at radius 3 is 2.03 bits per heavy atom. The average Bonchev–Trinajstić information content (AvgIpc) is 2.84. The van der Waals surface area contributed by atoms with Gasteiger partial charge in [-0.1, -0.05) is 73.8 Å². The van der Waals surface area contributed by atoms with Crippen LogP contribution in [0.1, 0.15) is 55.2 Å². The van der Waals surface area contributed by atoms with Crippen LogP contribution in [0.2, 0.25) is 5.02 Å². The first-order chi connectivity index (χ1) is 16.0. The molecule has 3 aromatic carbocycles. The predicted octanol–water partition coefficient (Wildman–Crippen LogP) is 8.64. The molecule has 174 valence electrons. The van der Waals surface area contributed by atoms with Crippen molar-refractivity contribution in [1.29, 1.82) is 0 Å². The Balaban J connectivity index is 1.68. The molecule has 0 fully saturated rings. The Labute approximate surface area is 210 Å². The van der Waals surface area contributed by atoms with Gasteiger partial charge < -0.3 is 9.47 Å². The Morgan fingerprint density at radius 2 is 1.45 bits per heavy atom. The average molecular weight is 503 g/mol. The highest BCUT2D eigenvalue weighted by Crippen LogP contribution is 2.32. The normalized spacial score (nSPS) is 12.7. The van der Waals surface area contributed by atoms with Crippen molar-refractivity contribution < 1.29 is 14.3 Å². The molecule has 0 N–H and O–H groups in total. The molecule has 0 radical (unpaired) electrons. The van der Waals surface area contributed by atoms with Gasteiger partial charge in [0.05, 0.1) is 12.5 Å². The number of carbonyl (C=O) groups excluding carboxylic acids is 1. The number of alkyl halides is 1. The van der Waals surface area contributed by atoms with Crippen molar-refractivity contribution in [1.82, 2.24) is 0 Å². The monoisotopic (exact) mass is 502 g/mol. The highest BCUT2D eigenvalue weighted by Gasteiger charge is 2.24. The number of hydrogen-bond donors (Lipinski definition) is 0. The maximum atomic E-state index is 12.5. The van der Waals surface area contributed by atoms with E-state index < -0.39 is 12.1 Å². The summed E-state index contributed by atoms with van der Waals surface area (Å²) in [6.45, 7) is 2.18. The molecule has 0 amide bonds. The van der Waals surface area contributed by atoms with E-state index in [-0.39, 0.29) is 5.38 Å². The van der Waals surface area contributed by atoms with Gasteiger partial charge in [-0.2, -0.15) is 0 Å². The minimum atomic E-state index is -0.855. The van der Waals surface area contributed by atoms with Gasteiger partial charge in [0.15, 0.2) is 0 Å². The summed E-state index contributed by atoms with van der Waals surface area (Å²) in [6.07, 6.45) is 3.56. The van der Waals surface area contributed by atoms with Crippen LogP contribution in [-0.2, 0) is 9.53 Å². The van der Waals surface area contributed by atoms with E-state index in [1.807, 2.05) is 72.8 Å². The van der Waals surface area contributed by atoms with Gasteiger partial charge in [-0.25, -0.2) is 4.79 Å². The van der Waals surface area contributed by atoms with Crippen molar-refractivity contribution in [2.24, 2.45) is 0 Å². The highest BCUT2D eigenvalue weighted by molar-refractivity contribution is 7.99. The molecule has 2 unspecified atom stereocenters. The quantitative estimate of drug-likeness (QED) is 0.149. The number of ether oxygens (including phenoxy) is 2. The van der Waals surface area contributed by atoms with Gasteiger partial charge >= 0.3 is 5.97 Å². The molecule has 0 saturated carbocycles. The summed E-state index contributed by atoms with van der Waals surface area (Å²) in [4.78, 5) is 14.6. The van der Waals surface area contributed by atoms with Gasteiger partial charge in [0, 0.05) is 20.4 Å². The molecule has 0 bridgehead atoms. The molecule has 2 atom stereocenters. The number of hydrogen-bond acceptors (Lipinski definition) is 4. The largest absolute Gasteiger partial charge is 0.474 e. The first kappa shape index (κ1) is 25.5. The van der Waals surface area contributed by atoms with Crippen molar-refractivity contribution in [3.05, 3.63) is 88.9 Å². The van der Waals surface area contributed by atoms with E-state index in [4.69, 9.17) is 32.7 Å². The van der Waals surface area contributed by atoms with E-state index in [2.05, 4.69) is 6.92 Å². The molecular weight excluding hydrogens is 475 g/mol. The van der Waals surface area contributed by atoms with Crippen LogP contribution in [0.15, 0.2) is 82.6 Å². The lowest BCUT2D eigenvalue weighted by molar-refractivity contribution is -0.149. The van der Waals surface area contributed by atoms with Gasteiger partial charge in [-0.05, 0) is 60.5 Å². The van der Waals surface area contributed by atoms with Crippen LogP contribution in [0.25, 0.3) is 0 Å². The summed E-state index contributed by atoms with van der Waals surface area (Å²) in [7, 11) is 1.36. The summed E-state index contributed by atoms with van der Waals surface area (Å²) >= 11 is 14.1. The van der Waals surface area contributed by atoms with Gasteiger partial charge in [0.2, 0.25) is 6.10 Å². The Hall–Kier alpha value is -2.14. The fourth-order valence-corrected chi connectivity index (χ4v) is 4.58. The lowest BCUT2D eigenvalue weighted by Gasteiger charge is -2.18. The van der Waals surface area contributed by atoms with E-state index in [0.29, 0.717) is 10.8 Å². The number of rotatable bonds is 11. The molecule has 33 heavy (non-hydrogen) atoms. The molecule has 0 spiro atoms. The van der Waals surface area contributed by atoms with E-state index in [9.17, 15) is 4.79 Å². The van der Waals surface area contributed by atoms with Crippen LogP contribution in [0.4, 0.5) is 0 Å². The zero-order chi connectivity index (χ0) is 23.6. The Kier molecular flexibility index (Phi) is 9.98. The molecular formula is C27H28Cl2O3S. The van der Waals surface area contributed by atoms with Crippen LogP contribution in [-0.4, -0.2) is 13.1 Å². The van der Waals surface area contributed by atoms with Crippen molar-refractivity contribution in [3.8, 4) is 5.75 Å². The predicted molar refractivity (Wildman–Crippen MR) is 137 cm³/mol. The third kappa shape index (κ3) is 7.70. The summed E-state index contributed by atoms with van der Waals surface area (Å²) < 4.78 is 11.0. The zero-order valence-electron chi connectivity index (χ0n) is 18.8. The maximum Gasteiger partial charge on any atom is 0.351 e. The molecule has 3 nitrogen and oxygen atoms in total. The summed E-state index contributed by atoms with van der Waals surface area (Å²) in [6, 6.07) is 23.0. The van der Waals surface area contributed by atoms with E-state index in [0.717, 1.165) is 33.8 Å². The number of esters is 1. The first-order valence-electron chi connectivity index (χ1n) is 11.0. The van der Waals surface area contributed by atoms with Crippen molar-refractivity contribution in [3.63, 3.8) is 0 Å². The highest BCUT2D eigenvalue weighted by atomic mass is 35.5. The van der Waals surface area contributed by atoms with E-state index >= 15 is 0 Å². The SMILES string of the molecule is CCCCCC(Cl)c1ccc(OC(C(=O)OC)c2ccc(Sc3ccc(Cl)cc3)cc2)cc1. The minimum Gasteiger partial charge on any atom is -0.474 e. The fourth-order valence-electron chi connectivity index (χ4n) is 3.34. The summed E-state index contributed by atoms with van der Waals surface area (Å²) in [5.41, 5.74) is 1.78. The molecule has 0 aliphatic heterocycles. The standard InChI is InChI=1S/C27H28Cl2O3S/c1-3-4-5-6-25(29)19-7-13-22(14-8-19)32-26(27(30)31-2)20-9-15-23(16-10-20)33-24-17-11-21(28)12-18-24/h7-18,25-26H,3-6H2,1-2H3. The second kappa shape index (κ2) is 12.9. The molecule has 3 rings (SSSR count). The second-order valence-electron chi connectivity index (χ2n) is 7.68. The van der Waals surface area contributed by atoms with Crippen molar-refractivity contribution >= 4 is 40.9 Å². The number of carbonyl (C=O) groups is 1. The Bertz CT molecular complexity index is 1010. The lowest BCUT2D eigenvalue weighted by Crippen LogP contribution is -2.20. The number of unbranched alkanes of at least 4 members (excludes halogenated alkanes) is 2. The van der Waals surface area contributed by atoms with E-state index in [1.165, 1.54) is 20.0 Å². The smallest absolute Gasteiger partial charge is 0.351 e. The van der Waals surface area contributed by atoms with Crippen LogP contribution in [0, 0.1) is 0 Å². The lowest BCUT2D eigenvalue weighted by atomic mass is 10.1. The van der Waals surface area contributed by atoms with Crippen LogP contribution >= 0.6 is 35.0 Å². The fraction of sp³-hybridized carbons (Fsp3) is 0.296. The molecule has 0 saturated heterocycles. The third-order valence-electron chi connectivity index (χ3n) is 5.20.